The van der Waals surface area contributed by atoms with Crippen LogP contribution in [0.5, 0.6) is 0 Å². The Morgan fingerprint density at radius 1 is 1.12 bits per heavy atom. The van der Waals surface area contributed by atoms with E-state index >= 15 is 0 Å². The highest BCUT2D eigenvalue weighted by molar-refractivity contribution is 6.13. The van der Waals surface area contributed by atoms with Gasteiger partial charge in [-0.1, -0.05) is 12.1 Å². The molecule has 2 heterocycles. The molecule has 0 spiro atoms. The number of carbonyl (C=O) groups excluding carboxylic acids is 1. The second-order valence-corrected chi connectivity index (χ2v) is 6.91. The lowest BCUT2D eigenvalue weighted by atomic mass is 10.1. The number of hydrogen-bond donors (Lipinski definition) is 2. The first kappa shape index (κ1) is 15.9. The lowest BCUT2D eigenvalue weighted by Crippen LogP contribution is -2.25. The fraction of sp³-hybridized carbons (Fsp3) is 0.368. The van der Waals surface area contributed by atoms with Crippen molar-refractivity contribution in [1.29, 1.82) is 0 Å². The van der Waals surface area contributed by atoms with Gasteiger partial charge in [0.25, 0.3) is 5.91 Å². The number of aromatic nitrogens is 1. The van der Waals surface area contributed by atoms with Crippen LogP contribution in [0.2, 0.25) is 0 Å². The molecule has 6 heteroatoms. The minimum atomic E-state index is -0.0227. The second-order valence-electron chi connectivity index (χ2n) is 6.91. The van der Waals surface area contributed by atoms with Gasteiger partial charge < -0.3 is 20.9 Å². The van der Waals surface area contributed by atoms with Gasteiger partial charge in [-0.3, -0.25) is 4.79 Å². The van der Waals surface area contributed by atoms with E-state index in [1.54, 1.807) is 18.1 Å². The summed E-state index contributed by atoms with van der Waals surface area (Å²) in [5.74, 6) is 0.801. The summed E-state index contributed by atoms with van der Waals surface area (Å²) in [6.45, 7) is 0. The molecular weight excluding hydrogens is 314 g/mol. The number of pyridine rings is 1. The highest BCUT2D eigenvalue weighted by Crippen LogP contribution is 2.39. The molecule has 2 atom stereocenters. The molecule has 2 aromatic rings. The van der Waals surface area contributed by atoms with Crippen molar-refractivity contribution in [1.82, 2.24) is 4.98 Å². The van der Waals surface area contributed by atoms with Crippen LogP contribution in [0.3, 0.4) is 0 Å². The molecule has 3 N–H and O–H groups in total. The van der Waals surface area contributed by atoms with Gasteiger partial charge in [-0.15, -0.1) is 0 Å². The first-order chi connectivity index (χ1) is 12.0. The van der Waals surface area contributed by atoms with E-state index in [4.69, 9.17) is 5.73 Å². The molecule has 130 valence electrons. The number of carbonyl (C=O) groups is 1. The van der Waals surface area contributed by atoms with Crippen molar-refractivity contribution in [2.24, 2.45) is 5.73 Å². The molecule has 1 aliphatic heterocycles. The maximum atomic E-state index is 12.8. The van der Waals surface area contributed by atoms with Crippen LogP contribution in [0.4, 0.5) is 22.9 Å². The Kier molecular flexibility index (Phi) is 3.84. The Labute approximate surface area is 147 Å². The summed E-state index contributed by atoms with van der Waals surface area (Å²) in [5.41, 5.74) is 9.36. The SMILES string of the molecule is CN1C(=O)c2ccccc2N(C)c2cc(NC3CCC(N)C3)ncc21. The number of nitrogens with zero attached hydrogens (tertiary/aromatic N) is 3. The zero-order chi connectivity index (χ0) is 17.6. The van der Waals surface area contributed by atoms with Crippen molar-refractivity contribution >= 4 is 28.8 Å². The third-order valence-corrected chi connectivity index (χ3v) is 5.21. The predicted molar refractivity (Wildman–Crippen MR) is 101 cm³/mol. The Hall–Kier alpha value is -2.60. The molecule has 1 aromatic heterocycles. The number of hydrogen-bond acceptors (Lipinski definition) is 5. The van der Waals surface area contributed by atoms with E-state index in [1.165, 1.54) is 0 Å². The van der Waals surface area contributed by atoms with Crippen molar-refractivity contribution in [2.75, 3.05) is 29.2 Å². The van der Waals surface area contributed by atoms with Crippen molar-refractivity contribution in [3.63, 3.8) is 0 Å². The van der Waals surface area contributed by atoms with Gasteiger partial charge in [0.05, 0.1) is 28.8 Å². The molecular formula is C19H23N5O. The molecule has 1 aromatic carbocycles. The normalized spacial score (nSPS) is 22.4. The van der Waals surface area contributed by atoms with Crippen molar-refractivity contribution in [3.8, 4) is 0 Å². The third-order valence-electron chi connectivity index (χ3n) is 5.21. The smallest absolute Gasteiger partial charge is 0.260 e. The lowest BCUT2D eigenvalue weighted by Gasteiger charge is -2.23. The van der Waals surface area contributed by atoms with Gasteiger partial charge in [0, 0.05) is 32.2 Å². The van der Waals surface area contributed by atoms with Crippen molar-refractivity contribution < 1.29 is 4.79 Å². The molecule has 1 amide bonds. The number of amides is 1. The van der Waals surface area contributed by atoms with E-state index in [0.717, 1.165) is 42.1 Å². The van der Waals surface area contributed by atoms with E-state index in [9.17, 15) is 4.79 Å². The van der Waals surface area contributed by atoms with E-state index < -0.39 is 0 Å². The third kappa shape index (κ3) is 2.72. The van der Waals surface area contributed by atoms with Gasteiger partial charge in [-0.2, -0.15) is 0 Å². The molecule has 2 unspecified atom stereocenters. The monoisotopic (exact) mass is 337 g/mol. The summed E-state index contributed by atoms with van der Waals surface area (Å²) in [6.07, 6.45) is 4.85. The van der Waals surface area contributed by atoms with E-state index in [2.05, 4.69) is 15.2 Å². The molecule has 0 saturated heterocycles. The van der Waals surface area contributed by atoms with E-state index in [-0.39, 0.29) is 11.9 Å². The Bertz CT molecular complexity index is 821. The highest BCUT2D eigenvalue weighted by atomic mass is 16.2. The summed E-state index contributed by atoms with van der Waals surface area (Å²) in [7, 11) is 3.78. The average Bonchev–Trinajstić information content (AvgIpc) is 3.01. The minimum absolute atomic E-state index is 0.0227. The van der Waals surface area contributed by atoms with Crippen LogP contribution >= 0.6 is 0 Å². The standard InChI is InChI=1S/C19H23N5O/c1-23-15-6-4-3-5-14(15)19(25)24(2)17-11-21-18(10-16(17)23)22-13-8-7-12(20)9-13/h3-6,10-13H,7-9,20H2,1-2H3,(H,21,22). The van der Waals surface area contributed by atoms with Gasteiger partial charge >= 0.3 is 0 Å². The topological polar surface area (TPSA) is 74.5 Å². The summed E-state index contributed by atoms with van der Waals surface area (Å²) >= 11 is 0. The van der Waals surface area contributed by atoms with Crippen LogP contribution in [0.1, 0.15) is 29.6 Å². The van der Waals surface area contributed by atoms with Crippen LogP contribution in [0, 0.1) is 0 Å². The summed E-state index contributed by atoms with van der Waals surface area (Å²) in [4.78, 5) is 21.0. The first-order valence-electron chi connectivity index (χ1n) is 8.67. The summed E-state index contributed by atoms with van der Waals surface area (Å²) in [5, 5.41) is 3.49. The maximum absolute atomic E-state index is 12.8. The summed E-state index contributed by atoms with van der Waals surface area (Å²) in [6, 6.07) is 10.3. The lowest BCUT2D eigenvalue weighted by molar-refractivity contribution is 0.0994. The zero-order valence-corrected chi connectivity index (χ0v) is 14.6. The molecule has 4 rings (SSSR count). The van der Waals surface area contributed by atoms with Crippen molar-refractivity contribution in [2.45, 2.75) is 31.3 Å². The largest absolute Gasteiger partial charge is 0.367 e. The molecule has 1 fully saturated rings. The van der Waals surface area contributed by atoms with Gasteiger partial charge in [0.15, 0.2) is 0 Å². The van der Waals surface area contributed by atoms with Gasteiger partial charge in [-0.05, 0) is 31.4 Å². The number of para-hydroxylation sites is 1. The fourth-order valence-corrected chi connectivity index (χ4v) is 3.77. The second kappa shape index (κ2) is 6.04. The van der Waals surface area contributed by atoms with Crippen LogP contribution in [0.15, 0.2) is 36.5 Å². The van der Waals surface area contributed by atoms with Crippen LogP contribution in [-0.2, 0) is 0 Å². The van der Waals surface area contributed by atoms with Crippen LogP contribution in [-0.4, -0.2) is 37.1 Å². The number of rotatable bonds is 2. The Balaban J connectivity index is 1.73. The molecule has 6 nitrogen and oxygen atoms in total. The Morgan fingerprint density at radius 2 is 1.92 bits per heavy atom. The summed E-state index contributed by atoms with van der Waals surface area (Å²) < 4.78 is 0. The minimum Gasteiger partial charge on any atom is -0.367 e. The first-order valence-corrected chi connectivity index (χ1v) is 8.67. The number of fused-ring (bicyclic) bond motifs is 2. The number of nitrogens with one attached hydrogen (secondary N) is 1. The van der Waals surface area contributed by atoms with Crippen LogP contribution in [0.25, 0.3) is 0 Å². The molecule has 1 aliphatic carbocycles. The Morgan fingerprint density at radius 3 is 2.68 bits per heavy atom. The zero-order valence-electron chi connectivity index (χ0n) is 14.6. The average molecular weight is 337 g/mol. The quantitative estimate of drug-likeness (QED) is 0.881. The van der Waals surface area contributed by atoms with Crippen molar-refractivity contribution in [3.05, 3.63) is 42.1 Å². The fourth-order valence-electron chi connectivity index (χ4n) is 3.77. The van der Waals surface area contributed by atoms with Gasteiger partial charge in [0.1, 0.15) is 5.82 Å². The van der Waals surface area contributed by atoms with E-state index in [0.29, 0.717) is 11.6 Å². The maximum Gasteiger partial charge on any atom is 0.260 e. The molecule has 1 saturated carbocycles. The molecule has 0 radical (unpaired) electrons. The molecule has 0 bridgehead atoms. The predicted octanol–water partition coefficient (Wildman–Crippen LogP) is 2.73. The van der Waals surface area contributed by atoms with Crippen LogP contribution < -0.4 is 20.9 Å². The highest BCUT2D eigenvalue weighted by Gasteiger charge is 2.28. The number of benzene rings is 1. The van der Waals surface area contributed by atoms with E-state index in [1.807, 2.05) is 37.4 Å². The molecule has 2 aliphatic rings. The molecule has 25 heavy (non-hydrogen) atoms. The van der Waals surface area contributed by atoms with Gasteiger partial charge in [0.2, 0.25) is 0 Å². The number of nitrogens with two attached hydrogens (primary N) is 1. The van der Waals surface area contributed by atoms with Gasteiger partial charge in [-0.25, -0.2) is 4.98 Å². The number of anilines is 4.